The molecule has 0 radical (unpaired) electrons. The quantitative estimate of drug-likeness (QED) is 0.703. The molecule has 100 valence electrons. The first kappa shape index (κ1) is 15.0. The van der Waals surface area contributed by atoms with Gasteiger partial charge in [0.1, 0.15) is 6.04 Å². The molecule has 4 N–H and O–H groups in total. The summed E-state index contributed by atoms with van der Waals surface area (Å²) in [7, 11) is 0. The number of anilines is 1. The Balaban J connectivity index is 2.39. The maximum absolute atomic E-state index is 11.6. The lowest BCUT2D eigenvalue weighted by Crippen LogP contribution is -2.33. The molecule has 0 saturated heterocycles. The van der Waals surface area contributed by atoms with E-state index in [1.807, 2.05) is 6.07 Å². The Bertz CT molecular complexity index is 513. The van der Waals surface area contributed by atoms with Crippen molar-refractivity contribution in [3.63, 3.8) is 0 Å². The Hall–Kier alpha value is -2.04. The number of carbonyl (C=O) groups is 2. The van der Waals surface area contributed by atoms with Gasteiger partial charge in [-0.1, -0.05) is 6.07 Å². The first-order valence-corrected chi connectivity index (χ1v) is 6.54. The zero-order valence-corrected chi connectivity index (χ0v) is 10.8. The van der Waals surface area contributed by atoms with Gasteiger partial charge < -0.3 is 16.2 Å². The van der Waals surface area contributed by atoms with E-state index in [0.717, 1.165) is 11.8 Å². The molecule has 0 unspecified atom stereocenters. The van der Waals surface area contributed by atoms with Crippen LogP contribution in [0.5, 0.6) is 0 Å². The molecular weight excluding hydrogens is 266 g/mol. The van der Waals surface area contributed by atoms with Crippen molar-refractivity contribution in [1.82, 2.24) is 0 Å². The number of benzene rings is 1. The maximum atomic E-state index is 11.6. The second-order valence-electron chi connectivity index (χ2n) is 3.70. The summed E-state index contributed by atoms with van der Waals surface area (Å²) in [6.07, 6.45) is 0. The number of amides is 1. The number of hydrogen-bond acceptors (Lipinski definition) is 5. The summed E-state index contributed by atoms with van der Waals surface area (Å²) < 4.78 is 0. The fourth-order valence-electron chi connectivity index (χ4n) is 1.21. The molecule has 0 aromatic heterocycles. The van der Waals surface area contributed by atoms with Crippen LogP contribution in [-0.4, -0.2) is 34.5 Å². The van der Waals surface area contributed by atoms with Gasteiger partial charge in [-0.15, -0.1) is 11.8 Å². The van der Waals surface area contributed by atoms with Crippen molar-refractivity contribution in [2.45, 2.75) is 6.04 Å². The number of rotatable bonds is 6. The predicted octanol–water partition coefficient (Wildman–Crippen LogP) is 0.642. The van der Waals surface area contributed by atoms with Crippen LogP contribution in [-0.2, 0) is 9.59 Å². The van der Waals surface area contributed by atoms with Crippen LogP contribution >= 0.6 is 11.8 Å². The van der Waals surface area contributed by atoms with Gasteiger partial charge in [0.2, 0.25) is 5.91 Å². The van der Waals surface area contributed by atoms with Crippen LogP contribution in [0.1, 0.15) is 5.56 Å². The van der Waals surface area contributed by atoms with Gasteiger partial charge in [-0.2, -0.15) is 5.26 Å². The summed E-state index contributed by atoms with van der Waals surface area (Å²) in [5, 5.41) is 19.9. The highest BCUT2D eigenvalue weighted by atomic mass is 32.2. The highest BCUT2D eigenvalue weighted by Crippen LogP contribution is 2.11. The third-order valence-electron chi connectivity index (χ3n) is 2.12. The molecule has 0 fully saturated rings. The normalized spacial score (nSPS) is 11.4. The molecule has 0 heterocycles. The molecular formula is C12H13N3O3S. The zero-order valence-electron chi connectivity index (χ0n) is 10.00. The molecule has 0 aliphatic rings. The predicted molar refractivity (Wildman–Crippen MR) is 72.7 cm³/mol. The number of thioether (sulfide) groups is 1. The molecule has 0 spiro atoms. The number of nitrogens with one attached hydrogen (secondary N) is 1. The summed E-state index contributed by atoms with van der Waals surface area (Å²) in [5.74, 6) is -1.08. The largest absolute Gasteiger partial charge is 0.480 e. The van der Waals surface area contributed by atoms with Gasteiger partial charge >= 0.3 is 5.97 Å². The van der Waals surface area contributed by atoms with Crippen LogP contribution in [0.15, 0.2) is 24.3 Å². The van der Waals surface area contributed by atoms with E-state index in [4.69, 9.17) is 16.1 Å². The molecule has 6 nitrogen and oxygen atoms in total. The van der Waals surface area contributed by atoms with E-state index in [9.17, 15) is 9.59 Å². The maximum Gasteiger partial charge on any atom is 0.321 e. The van der Waals surface area contributed by atoms with Crippen LogP contribution in [0.25, 0.3) is 0 Å². The third-order valence-corrected chi connectivity index (χ3v) is 3.18. The van der Waals surface area contributed by atoms with Gasteiger partial charge in [-0.25, -0.2) is 0 Å². The lowest BCUT2D eigenvalue weighted by atomic mass is 10.2. The van der Waals surface area contributed by atoms with Crippen molar-refractivity contribution >= 4 is 29.3 Å². The minimum atomic E-state index is -1.09. The van der Waals surface area contributed by atoms with E-state index in [2.05, 4.69) is 5.32 Å². The second-order valence-corrected chi connectivity index (χ2v) is 4.73. The van der Waals surface area contributed by atoms with Gasteiger partial charge in [0, 0.05) is 11.4 Å². The first-order chi connectivity index (χ1) is 9.02. The molecule has 1 atom stereocenters. The number of carboxylic acid groups (broad SMARTS) is 1. The second kappa shape index (κ2) is 7.41. The van der Waals surface area contributed by atoms with Crippen molar-refractivity contribution in [2.24, 2.45) is 5.73 Å². The summed E-state index contributed by atoms with van der Waals surface area (Å²) in [6.45, 7) is 0. The first-order valence-electron chi connectivity index (χ1n) is 5.39. The number of carbonyl (C=O) groups excluding carboxylic acids is 1. The molecule has 0 aliphatic heterocycles. The van der Waals surface area contributed by atoms with Crippen LogP contribution in [0.4, 0.5) is 5.69 Å². The van der Waals surface area contributed by atoms with Crippen molar-refractivity contribution in [3.8, 4) is 6.07 Å². The van der Waals surface area contributed by atoms with Crippen LogP contribution < -0.4 is 11.1 Å². The minimum Gasteiger partial charge on any atom is -0.480 e. The number of nitrogens with zero attached hydrogens (tertiary/aromatic N) is 1. The van der Waals surface area contributed by atoms with Crippen LogP contribution in [0.2, 0.25) is 0 Å². The molecule has 19 heavy (non-hydrogen) atoms. The monoisotopic (exact) mass is 279 g/mol. The molecule has 0 saturated carbocycles. The smallest absolute Gasteiger partial charge is 0.321 e. The average Bonchev–Trinajstić information content (AvgIpc) is 2.38. The van der Waals surface area contributed by atoms with E-state index in [-0.39, 0.29) is 17.4 Å². The summed E-state index contributed by atoms with van der Waals surface area (Å²) in [5.41, 5.74) is 6.30. The SMILES string of the molecule is N#Cc1cccc(NC(=O)CSC[C@@H](N)C(=O)O)c1. The van der Waals surface area contributed by atoms with E-state index >= 15 is 0 Å². The lowest BCUT2D eigenvalue weighted by molar-refractivity contribution is -0.137. The van der Waals surface area contributed by atoms with E-state index in [0.29, 0.717) is 11.3 Å². The Kier molecular flexibility index (Phi) is 5.85. The molecule has 1 aromatic carbocycles. The number of carboxylic acids is 1. The average molecular weight is 279 g/mol. The summed E-state index contributed by atoms with van der Waals surface area (Å²) >= 11 is 1.14. The fraction of sp³-hybridized carbons (Fsp3) is 0.250. The van der Waals surface area contributed by atoms with Crippen LogP contribution in [0.3, 0.4) is 0 Å². The van der Waals surface area contributed by atoms with E-state index in [1.165, 1.54) is 0 Å². The minimum absolute atomic E-state index is 0.109. The molecule has 1 amide bonds. The molecule has 0 bridgehead atoms. The van der Waals surface area contributed by atoms with Crippen molar-refractivity contribution in [3.05, 3.63) is 29.8 Å². The van der Waals surface area contributed by atoms with E-state index in [1.54, 1.807) is 24.3 Å². The standard InChI is InChI=1S/C12H13N3O3S/c13-5-8-2-1-3-9(4-8)15-11(16)7-19-6-10(14)12(17)18/h1-4,10H,6-7,14H2,(H,15,16)(H,17,18)/t10-/m1/s1. The number of aliphatic carboxylic acids is 1. The van der Waals surface area contributed by atoms with Crippen molar-refractivity contribution in [2.75, 3.05) is 16.8 Å². The third kappa shape index (κ3) is 5.42. The van der Waals surface area contributed by atoms with Crippen LogP contribution in [0, 0.1) is 11.3 Å². The van der Waals surface area contributed by atoms with Gasteiger partial charge in [0.15, 0.2) is 0 Å². The molecule has 1 aromatic rings. The summed E-state index contributed by atoms with van der Waals surface area (Å²) in [4.78, 5) is 22.0. The Morgan fingerprint density at radius 1 is 1.53 bits per heavy atom. The zero-order chi connectivity index (χ0) is 14.3. The number of hydrogen-bond donors (Lipinski definition) is 3. The Morgan fingerprint density at radius 2 is 2.26 bits per heavy atom. The van der Waals surface area contributed by atoms with Gasteiger partial charge in [-0.3, -0.25) is 9.59 Å². The number of nitriles is 1. The highest BCUT2D eigenvalue weighted by molar-refractivity contribution is 8.00. The molecule has 1 rings (SSSR count). The lowest BCUT2D eigenvalue weighted by Gasteiger charge is -2.07. The Morgan fingerprint density at radius 3 is 2.89 bits per heavy atom. The van der Waals surface area contributed by atoms with Gasteiger partial charge in [0.25, 0.3) is 0 Å². The number of nitrogens with two attached hydrogens (primary N) is 1. The highest BCUT2D eigenvalue weighted by Gasteiger charge is 2.12. The topological polar surface area (TPSA) is 116 Å². The van der Waals surface area contributed by atoms with Crippen molar-refractivity contribution < 1.29 is 14.7 Å². The molecule has 7 heteroatoms. The van der Waals surface area contributed by atoms with E-state index < -0.39 is 12.0 Å². The van der Waals surface area contributed by atoms with Crippen molar-refractivity contribution in [1.29, 1.82) is 5.26 Å². The Labute approximate surface area is 114 Å². The molecule has 0 aliphatic carbocycles. The van der Waals surface area contributed by atoms with Gasteiger partial charge in [0.05, 0.1) is 17.4 Å². The summed E-state index contributed by atoms with van der Waals surface area (Å²) in [6, 6.07) is 7.54. The fourth-order valence-corrected chi connectivity index (χ4v) is 1.99. The van der Waals surface area contributed by atoms with Gasteiger partial charge in [-0.05, 0) is 18.2 Å².